The summed E-state index contributed by atoms with van der Waals surface area (Å²) in [6.45, 7) is 6.20. The minimum absolute atomic E-state index is 0.106. The number of hydrogen-bond donors (Lipinski definition) is 2. The normalized spacial score (nSPS) is 13.2. The maximum Gasteiger partial charge on any atom is 0.255 e. The molecule has 7 nitrogen and oxygen atoms in total. The van der Waals surface area contributed by atoms with Crippen molar-refractivity contribution in [2.24, 2.45) is 0 Å². The molecule has 1 aliphatic rings. The first-order valence-corrected chi connectivity index (χ1v) is 12.3. The van der Waals surface area contributed by atoms with Crippen LogP contribution in [-0.4, -0.2) is 63.6 Å². The van der Waals surface area contributed by atoms with Gasteiger partial charge in [-0.25, -0.2) is 0 Å². The highest BCUT2D eigenvalue weighted by atomic mass is 16.5. The highest BCUT2D eigenvalue weighted by Crippen LogP contribution is 2.28. The standard InChI is InChI=1S/C27H38N4O3/c1-4-5-19-34-23-12-9-21(10-13-23)26(32)29-22-11-14-25(31-17-6-7-18-31)24(20-22)27(33)28-15-8-16-30(2)3/h9-14,20H,4-8,15-19H2,1-3H3,(H,28,33)(H,29,32). The van der Waals surface area contributed by atoms with Crippen LogP contribution in [0.4, 0.5) is 11.4 Å². The summed E-state index contributed by atoms with van der Waals surface area (Å²) >= 11 is 0. The molecular formula is C27H38N4O3. The predicted octanol–water partition coefficient (Wildman–Crippen LogP) is 4.40. The van der Waals surface area contributed by atoms with Crippen molar-refractivity contribution in [3.63, 3.8) is 0 Å². The molecule has 1 fully saturated rings. The van der Waals surface area contributed by atoms with Crippen LogP contribution < -0.4 is 20.3 Å². The van der Waals surface area contributed by atoms with Crippen molar-refractivity contribution in [2.75, 3.05) is 57.1 Å². The summed E-state index contributed by atoms with van der Waals surface area (Å²) in [7, 11) is 4.04. The second kappa shape index (κ2) is 13.0. The lowest BCUT2D eigenvalue weighted by Crippen LogP contribution is -2.29. The molecule has 2 N–H and O–H groups in total. The molecule has 2 aromatic carbocycles. The van der Waals surface area contributed by atoms with Crippen molar-refractivity contribution >= 4 is 23.2 Å². The van der Waals surface area contributed by atoms with E-state index in [1.807, 2.05) is 38.4 Å². The highest BCUT2D eigenvalue weighted by Gasteiger charge is 2.20. The zero-order chi connectivity index (χ0) is 24.3. The predicted molar refractivity (Wildman–Crippen MR) is 138 cm³/mol. The minimum atomic E-state index is -0.216. The number of ether oxygens (including phenoxy) is 1. The van der Waals surface area contributed by atoms with E-state index < -0.39 is 0 Å². The summed E-state index contributed by atoms with van der Waals surface area (Å²) in [5.41, 5.74) is 2.68. The van der Waals surface area contributed by atoms with Gasteiger partial charge in [-0.3, -0.25) is 9.59 Å². The Morgan fingerprint density at radius 1 is 1.00 bits per heavy atom. The van der Waals surface area contributed by atoms with Gasteiger partial charge < -0.3 is 25.2 Å². The van der Waals surface area contributed by atoms with Crippen LogP contribution in [0.5, 0.6) is 5.75 Å². The number of hydrogen-bond acceptors (Lipinski definition) is 5. The SMILES string of the molecule is CCCCOc1ccc(C(=O)Nc2ccc(N3CCCC3)c(C(=O)NCCCN(C)C)c2)cc1. The maximum absolute atomic E-state index is 13.0. The van der Waals surface area contributed by atoms with Crippen LogP contribution in [0.1, 0.15) is 59.7 Å². The number of rotatable bonds is 12. The van der Waals surface area contributed by atoms with Crippen LogP contribution in [0.2, 0.25) is 0 Å². The minimum Gasteiger partial charge on any atom is -0.494 e. The molecule has 0 unspecified atom stereocenters. The number of carbonyl (C=O) groups excluding carboxylic acids is 2. The zero-order valence-electron chi connectivity index (χ0n) is 20.7. The van der Waals surface area contributed by atoms with Crippen LogP contribution in [0, 0.1) is 0 Å². The van der Waals surface area contributed by atoms with Crippen molar-refractivity contribution < 1.29 is 14.3 Å². The first-order valence-electron chi connectivity index (χ1n) is 12.3. The number of carbonyl (C=O) groups is 2. The molecule has 0 saturated carbocycles. The molecule has 2 amide bonds. The molecule has 1 saturated heterocycles. The van der Waals surface area contributed by atoms with Crippen molar-refractivity contribution in [2.45, 2.75) is 39.0 Å². The van der Waals surface area contributed by atoms with Crippen molar-refractivity contribution in [3.05, 3.63) is 53.6 Å². The topological polar surface area (TPSA) is 73.9 Å². The lowest BCUT2D eigenvalue weighted by Gasteiger charge is -2.22. The van der Waals surface area contributed by atoms with Gasteiger partial charge in [0.25, 0.3) is 11.8 Å². The molecule has 1 aliphatic heterocycles. The molecule has 1 heterocycles. The van der Waals surface area contributed by atoms with E-state index >= 15 is 0 Å². The second-order valence-electron chi connectivity index (χ2n) is 9.02. The second-order valence-corrected chi connectivity index (χ2v) is 9.02. The molecule has 0 spiro atoms. The Kier molecular flexibility index (Phi) is 9.76. The Morgan fingerprint density at radius 2 is 1.74 bits per heavy atom. The third-order valence-corrected chi connectivity index (χ3v) is 5.90. The van der Waals surface area contributed by atoms with Gasteiger partial charge in [0.15, 0.2) is 0 Å². The number of anilines is 2. The van der Waals surface area contributed by atoms with E-state index in [9.17, 15) is 9.59 Å². The quantitative estimate of drug-likeness (QED) is 0.454. The van der Waals surface area contributed by atoms with Gasteiger partial charge in [0.2, 0.25) is 0 Å². The van der Waals surface area contributed by atoms with Crippen molar-refractivity contribution in [1.82, 2.24) is 10.2 Å². The van der Waals surface area contributed by atoms with Gasteiger partial charge in [0, 0.05) is 36.6 Å². The van der Waals surface area contributed by atoms with Crippen LogP contribution in [0.15, 0.2) is 42.5 Å². The molecule has 3 rings (SSSR count). The van der Waals surface area contributed by atoms with Gasteiger partial charge >= 0.3 is 0 Å². The molecule has 0 aliphatic carbocycles. The number of benzene rings is 2. The Bertz CT molecular complexity index is 937. The molecule has 184 valence electrons. The third kappa shape index (κ3) is 7.48. The first-order chi connectivity index (χ1) is 16.5. The Hall–Kier alpha value is -3.06. The van der Waals surface area contributed by atoms with Crippen LogP contribution in [-0.2, 0) is 0 Å². The van der Waals surface area contributed by atoms with Crippen LogP contribution in [0.25, 0.3) is 0 Å². The summed E-state index contributed by atoms with van der Waals surface area (Å²) in [6, 6.07) is 12.7. The summed E-state index contributed by atoms with van der Waals surface area (Å²) in [4.78, 5) is 30.2. The smallest absolute Gasteiger partial charge is 0.255 e. The van der Waals surface area contributed by atoms with Gasteiger partial charge in [0.05, 0.1) is 12.2 Å². The number of nitrogens with zero attached hydrogens (tertiary/aromatic N) is 2. The van der Waals surface area contributed by atoms with Crippen LogP contribution >= 0.6 is 0 Å². The summed E-state index contributed by atoms with van der Waals surface area (Å²) in [6.07, 6.45) is 5.21. The van der Waals surface area contributed by atoms with Gasteiger partial charge in [-0.15, -0.1) is 0 Å². The number of amides is 2. The van der Waals surface area contributed by atoms with Crippen molar-refractivity contribution in [1.29, 1.82) is 0 Å². The van der Waals surface area contributed by atoms with E-state index in [0.29, 0.717) is 30.0 Å². The molecular weight excluding hydrogens is 428 g/mol. The lowest BCUT2D eigenvalue weighted by molar-refractivity contribution is 0.0951. The molecule has 0 radical (unpaired) electrons. The van der Waals surface area contributed by atoms with E-state index in [1.54, 1.807) is 18.2 Å². The molecule has 2 aromatic rings. The molecule has 34 heavy (non-hydrogen) atoms. The van der Waals surface area contributed by atoms with Gasteiger partial charge in [-0.05, 0) is 88.8 Å². The van der Waals surface area contributed by atoms with Crippen molar-refractivity contribution in [3.8, 4) is 5.75 Å². The van der Waals surface area contributed by atoms with E-state index in [-0.39, 0.29) is 11.8 Å². The zero-order valence-corrected chi connectivity index (χ0v) is 20.7. The average molecular weight is 467 g/mol. The van der Waals surface area contributed by atoms with Gasteiger partial charge in [0.1, 0.15) is 5.75 Å². The third-order valence-electron chi connectivity index (χ3n) is 5.90. The molecule has 0 bridgehead atoms. The summed E-state index contributed by atoms with van der Waals surface area (Å²) in [5, 5.41) is 5.98. The Morgan fingerprint density at radius 3 is 2.41 bits per heavy atom. The first kappa shape index (κ1) is 25.6. The fourth-order valence-electron chi connectivity index (χ4n) is 3.96. The van der Waals surface area contributed by atoms with Gasteiger partial charge in [-0.1, -0.05) is 13.3 Å². The summed E-state index contributed by atoms with van der Waals surface area (Å²) in [5.74, 6) is 0.435. The highest BCUT2D eigenvalue weighted by molar-refractivity contribution is 6.06. The summed E-state index contributed by atoms with van der Waals surface area (Å²) < 4.78 is 5.67. The fourth-order valence-corrected chi connectivity index (χ4v) is 3.96. The monoisotopic (exact) mass is 466 g/mol. The van der Waals surface area contributed by atoms with E-state index in [1.165, 1.54) is 0 Å². The fraction of sp³-hybridized carbons (Fsp3) is 0.481. The molecule has 0 aromatic heterocycles. The maximum atomic E-state index is 13.0. The van der Waals surface area contributed by atoms with Gasteiger partial charge in [-0.2, -0.15) is 0 Å². The lowest BCUT2D eigenvalue weighted by atomic mass is 10.1. The number of unbranched alkanes of at least 4 members (excludes halogenated alkanes) is 1. The largest absolute Gasteiger partial charge is 0.494 e. The van der Waals surface area contributed by atoms with E-state index in [0.717, 1.165) is 63.2 Å². The average Bonchev–Trinajstić information content (AvgIpc) is 3.37. The number of nitrogens with one attached hydrogen (secondary N) is 2. The Labute approximate surface area is 203 Å². The van der Waals surface area contributed by atoms with Crippen LogP contribution in [0.3, 0.4) is 0 Å². The Balaban J connectivity index is 1.69. The molecule has 0 atom stereocenters. The molecule has 7 heteroatoms. The van der Waals surface area contributed by atoms with E-state index in [4.69, 9.17) is 4.74 Å². The van der Waals surface area contributed by atoms with E-state index in [2.05, 4.69) is 27.4 Å².